The van der Waals surface area contributed by atoms with Gasteiger partial charge in [-0.05, 0) is 80.3 Å². The number of likely N-dealkylation sites (tertiary alicyclic amines) is 2. The fourth-order valence-corrected chi connectivity index (χ4v) is 8.36. The molecule has 1 unspecified atom stereocenters. The number of piperidine rings is 1. The van der Waals surface area contributed by atoms with E-state index in [1.807, 2.05) is 17.0 Å². The van der Waals surface area contributed by atoms with Gasteiger partial charge in [0, 0.05) is 69.9 Å². The summed E-state index contributed by atoms with van der Waals surface area (Å²) in [4.78, 5) is 31.4. The molecule has 4 aliphatic rings. The van der Waals surface area contributed by atoms with Crippen molar-refractivity contribution < 1.29 is 41.7 Å². The molecule has 48 heavy (non-hydrogen) atoms. The fourth-order valence-electron chi connectivity index (χ4n) is 8.36. The van der Waals surface area contributed by atoms with E-state index in [4.69, 9.17) is 9.47 Å². The van der Waals surface area contributed by atoms with Crippen LogP contribution < -0.4 is 9.64 Å². The number of rotatable bonds is 8. The predicted octanol–water partition coefficient (Wildman–Crippen LogP) is 6.10. The first kappa shape index (κ1) is 34.5. The van der Waals surface area contributed by atoms with Crippen LogP contribution >= 0.6 is 0 Å². The van der Waals surface area contributed by atoms with E-state index in [-0.39, 0.29) is 31.2 Å². The van der Waals surface area contributed by atoms with Gasteiger partial charge >= 0.3 is 12.1 Å². The Hall–Kier alpha value is -3.38. The minimum atomic E-state index is -4.54. The molecule has 0 aromatic heterocycles. The van der Waals surface area contributed by atoms with Gasteiger partial charge in [0.1, 0.15) is 5.75 Å². The third-order valence-corrected chi connectivity index (χ3v) is 11.2. The number of nitrogens with zero attached hydrogens (tertiary/aromatic N) is 3. The monoisotopic (exact) mass is 675 g/mol. The molecule has 6 rings (SSSR count). The van der Waals surface area contributed by atoms with Crippen LogP contribution in [0.5, 0.6) is 5.75 Å². The topological polar surface area (TPSA) is 82.6 Å². The Kier molecular flexibility index (Phi) is 9.95. The molecule has 2 aromatic rings. The molecule has 0 bridgehead atoms. The van der Waals surface area contributed by atoms with E-state index < -0.39 is 41.1 Å². The minimum absolute atomic E-state index is 0.0178. The molecular weight excluding hydrogens is 630 g/mol. The van der Waals surface area contributed by atoms with Gasteiger partial charge in [-0.1, -0.05) is 18.2 Å². The molecule has 3 aliphatic heterocycles. The molecule has 3 atom stereocenters. The maximum absolute atomic E-state index is 17.6. The average Bonchev–Trinajstić information content (AvgIpc) is 3.73. The number of hydrogen-bond acceptors (Lipinski definition) is 6. The van der Waals surface area contributed by atoms with Crippen molar-refractivity contribution in [3.05, 3.63) is 59.2 Å². The van der Waals surface area contributed by atoms with Crippen LogP contribution in [0.2, 0.25) is 0 Å². The van der Waals surface area contributed by atoms with E-state index in [0.717, 1.165) is 43.4 Å². The number of ether oxygens (including phenoxy) is 2. The molecule has 1 N–H and O–H groups in total. The molecule has 262 valence electrons. The maximum atomic E-state index is 17.6. The Labute approximate surface area is 279 Å². The van der Waals surface area contributed by atoms with Crippen LogP contribution in [0, 0.1) is 5.92 Å². The lowest BCUT2D eigenvalue weighted by molar-refractivity contribution is -0.143. The van der Waals surface area contributed by atoms with Gasteiger partial charge < -0.3 is 24.4 Å². The van der Waals surface area contributed by atoms with Crippen LogP contribution in [0.15, 0.2) is 42.5 Å². The lowest BCUT2D eigenvalue weighted by Gasteiger charge is -2.35. The predicted molar refractivity (Wildman–Crippen MR) is 172 cm³/mol. The van der Waals surface area contributed by atoms with Crippen LogP contribution in [-0.2, 0) is 20.5 Å². The molecule has 1 saturated carbocycles. The summed E-state index contributed by atoms with van der Waals surface area (Å²) in [6, 6.07) is 11.1. The summed E-state index contributed by atoms with van der Waals surface area (Å²) in [7, 11) is 3.28. The molecular formula is C36H45F4N3O5. The van der Waals surface area contributed by atoms with Gasteiger partial charge in [0.05, 0.1) is 24.7 Å². The smallest absolute Gasteiger partial charge is 0.416 e. The second-order valence-corrected chi connectivity index (χ2v) is 13.9. The molecule has 2 aromatic carbocycles. The Morgan fingerprint density at radius 3 is 2.19 bits per heavy atom. The first-order chi connectivity index (χ1) is 22.9. The van der Waals surface area contributed by atoms with Gasteiger partial charge in [-0.2, -0.15) is 13.2 Å². The quantitative estimate of drug-likeness (QED) is 0.339. The summed E-state index contributed by atoms with van der Waals surface area (Å²) in [5.41, 5.74) is -1.13. The largest absolute Gasteiger partial charge is 0.497 e. The zero-order valence-electron chi connectivity index (χ0n) is 27.6. The van der Waals surface area contributed by atoms with E-state index in [1.54, 1.807) is 31.3 Å². The number of aliphatic carboxylic acids is 1. The van der Waals surface area contributed by atoms with Crippen LogP contribution in [0.25, 0.3) is 0 Å². The summed E-state index contributed by atoms with van der Waals surface area (Å²) in [5, 5.41) is 9.44. The van der Waals surface area contributed by atoms with E-state index in [0.29, 0.717) is 62.4 Å². The number of hydrogen-bond donors (Lipinski definition) is 1. The second kappa shape index (κ2) is 13.9. The number of methoxy groups -OCH3 is 2. The number of amides is 1. The molecule has 1 amide bonds. The highest BCUT2D eigenvalue weighted by molar-refractivity contribution is 5.88. The number of carbonyl (C=O) groups excluding carboxylic acids is 1. The van der Waals surface area contributed by atoms with Crippen LogP contribution in [0.1, 0.15) is 73.5 Å². The first-order valence-electron chi connectivity index (χ1n) is 17.0. The average molecular weight is 676 g/mol. The fraction of sp³-hybridized carbons (Fsp3) is 0.611. The number of carboxylic acid groups (broad SMARTS) is 1. The van der Waals surface area contributed by atoms with Gasteiger partial charge in [0.2, 0.25) is 5.67 Å². The van der Waals surface area contributed by atoms with Gasteiger partial charge in [-0.15, -0.1) is 0 Å². The van der Waals surface area contributed by atoms with Gasteiger partial charge in [0.15, 0.2) is 0 Å². The molecule has 4 fully saturated rings. The van der Waals surface area contributed by atoms with Crippen molar-refractivity contribution in [2.24, 2.45) is 5.92 Å². The summed E-state index contributed by atoms with van der Waals surface area (Å²) in [6.07, 6.45) is 0.308. The highest BCUT2D eigenvalue weighted by Crippen LogP contribution is 2.46. The molecule has 12 heteroatoms. The zero-order chi connectivity index (χ0) is 34.2. The molecule has 0 radical (unpaired) electrons. The van der Waals surface area contributed by atoms with Gasteiger partial charge in [0.25, 0.3) is 5.91 Å². The van der Waals surface area contributed by atoms with Crippen LogP contribution in [0.4, 0.5) is 23.2 Å². The third-order valence-electron chi connectivity index (χ3n) is 11.2. The van der Waals surface area contributed by atoms with Crippen molar-refractivity contribution in [2.75, 3.05) is 58.4 Å². The van der Waals surface area contributed by atoms with Crippen LogP contribution in [0.3, 0.4) is 0 Å². The molecule has 1 aliphatic carbocycles. The number of alkyl halides is 4. The van der Waals surface area contributed by atoms with Crippen LogP contribution in [-0.4, -0.2) is 98.1 Å². The number of anilines is 1. The molecule has 0 spiro atoms. The lowest BCUT2D eigenvalue weighted by atomic mass is 9.85. The van der Waals surface area contributed by atoms with E-state index in [9.17, 15) is 27.9 Å². The Morgan fingerprint density at radius 2 is 1.58 bits per heavy atom. The minimum Gasteiger partial charge on any atom is -0.497 e. The molecule has 8 nitrogen and oxygen atoms in total. The summed E-state index contributed by atoms with van der Waals surface area (Å²) >= 11 is 0. The Balaban J connectivity index is 1.24. The van der Waals surface area contributed by atoms with Crippen molar-refractivity contribution in [3.63, 3.8) is 0 Å². The number of benzene rings is 2. The van der Waals surface area contributed by atoms with Crippen molar-refractivity contribution in [3.8, 4) is 5.75 Å². The lowest BCUT2D eigenvalue weighted by Crippen LogP contribution is -2.50. The van der Waals surface area contributed by atoms with E-state index in [2.05, 4.69) is 4.90 Å². The highest BCUT2D eigenvalue weighted by Gasteiger charge is 2.57. The number of carboxylic acids is 1. The Bertz CT molecular complexity index is 1460. The van der Waals surface area contributed by atoms with Crippen molar-refractivity contribution in [1.82, 2.24) is 9.80 Å². The maximum Gasteiger partial charge on any atom is 0.416 e. The first-order valence-corrected chi connectivity index (χ1v) is 17.0. The Morgan fingerprint density at radius 1 is 0.896 bits per heavy atom. The SMILES string of the molecule is COc1ccc([C@@H]2CN(C3CCC(OC)CC3)C[C@@]2(F)C(=O)N2CCC(c3ccc(C(F)(F)F)cc3N3CCC(C(=O)O)CC3)C2)cc1. The number of carbonyl (C=O) groups is 2. The summed E-state index contributed by atoms with van der Waals surface area (Å²) < 4.78 is 69.8. The molecule has 3 saturated heterocycles. The van der Waals surface area contributed by atoms with E-state index in [1.165, 1.54) is 6.07 Å². The number of halogens is 4. The third kappa shape index (κ3) is 6.88. The zero-order valence-corrected chi connectivity index (χ0v) is 27.6. The second-order valence-electron chi connectivity index (χ2n) is 13.9. The van der Waals surface area contributed by atoms with Gasteiger partial charge in [-0.3, -0.25) is 14.5 Å². The summed E-state index contributed by atoms with van der Waals surface area (Å²) in [5.74, 6) is -2.33. The van der Waals surface area contributed by atoms with Crippen molar-refractivity contribution >= 4 is 17.6 Å². The highest BCUT2D eigenvalue weighted by atomic mass is 19.4. The molecule has 3 heterocycles. The standard InChI is InChI=1S/C36H45F4N3O5/c1-47-28-8-3-23(4-9-28)31-21-43(27-6-10-29(48-2)11-7-27)22-35(31,37)34(46)42-18-15-25(20-42)30-12-5-26(36(38,39)40)19-32(30)41-16-13-24(14-17-41)33(44)45/h3-5,8-9,12,19,24-25,27,29,31H,6-7,10-11,13-18,20-22H2,1-2H3,(H,44,45)/t25?,27?,29?,31-,35-/m0/s1. The van der Waals surface area contributed by atoms with Crippen molar-refractivity contribution in [1.29, 1.82) is 0 Å². The normalized spacial score (nSPS) is 29.0. The van der Waals surface area contributed by atoms with E-state index >= 15 is 4.39 Å². The van der Waals surface area contributed by atoms with Crippen molar-refractivity contribution in [2.45, 2.75) is 80.8 Å². The van der Waals surface area contributed by atoms with Gasteiger partial charge in [-0.25, -0.2) is 4.39 Å². The summed E-state index contributed by atoms with van der Waals surface area (Å²) in [6.45, 7) is 1.52.